The van der Waals surface area contributed by atoms with Crippen LogP contribution in [-0.2, 0) is 11.3 Å². The Morgan fingerprint density at radius 1 is 1.15 bits per heavy atom. The molecule has 0 amide bonds. The Morgan fingerprint density at radius 3 is 2.48 bits per heavy atom. The largest absolute Gasteiger partial charge is 0.493 e. The van der Waals surface area contributed by atoms with E-state index in [-0.39, 0.29) is 24.0 Å². The zero-order valence-corrected chi connectivity index (χ0v) is 20.7. The molecule has 0 saturated heterocycles. The van der Waals surface area contributed by atoms with E-state index in [2.05, 4.69) is 43.5 Å². The second-order valence-corrected chi connectivity index (χ2v) is 6.67. The Labute approximate surface area is 188 Å². The lowest BCUT2D eigenvalue weighted by Gasteiger charge is -2.18. The molecule has 0 atom stereocenters. The molecule has 0 unspecified atom stereocenters. The number of methoxy groups -OCH3 is 3. The molecule has 0 bridgehead atoms. The van der Waals surface area contributed by atoms with Gasteiger partial charge < -0.3 is 29.7 Å². The molecule has 0 aromatic heterocycles. The predicted octanol–water partition coefficient (Wildman–Crippen LogP) is 2.72. The van der Waals surface area contributed by atoms with E-state index in [1.165, 1.54) is 0 Å². The summed E-state index contributed by atoms with van der Waals surface area (Å²) >= 11 is 3.51. The summed E-state index contributed by atoms with van der Waals surface area (Å²) in [6.45, 7) is 4.19. The summed E-state index contributed by atoms with van der Waals surface area (Å²) in [5, 5.41) is 6.64. The Kier molecular flexibility index (Phi) is 14.7. The minimum Gasteiger partial charge on any atom is -0.493 e. The minimum absolute atomic E-state index is 0. The fourth-order valence-electron chi connectivity index (χ4n) is 2.44. The summed E-state index contributed by atoms with van der Waals surface area (Å²) in [7, 11) is 8.86. The average molecular weight is 559 g/mol. The lowest BCUT2D eigenvalue weighted by Crippen LogP contribution is -2.40. The van der Waals surface area contributed by atoms with Crippen LogP contribution in [0.3, 0.4) is 0 Å². The van der Waals surface area contributed by atoms with Crippen LogP contribution in [0.2, 0.25) is 0 Å². The van der Waals surface area contributed by atoms with Gasteiger partial charge in [-0.3, -0.25) is 4.99 Å². The lowest BCUT2D eigenvalue weighted by atomic mass is 10.2. The van der Waals surface area contributed by atoms with Gasteiger partial charge in [0.05, 0.1) is 18.7 Å². The summed E-state index contributed by atoms with van der Waals surface area (Å²) in [5.74, 6) is 2.15. The highest BCUT2D eigenvalue weighted by molar-refractivity contribution is 14.0. The zero-order valence-electron chi connectivity index (χ0n) is 16.8. The monoisotopic (exact) mass is 558 g/mol. The molecule has 0 saturated carbocycles. The van der Waals surface area contributed by atoms with Gasteiger partial charge in [-0.2, -0.15) is 0 Å². The standard InChI is InChI=1S/C18H31BrN4O3.HI/c1-20-18(21-7-9-23(2)8-6-10-24-3)22-13-14-11-15(19)17(26-5)16(12-14)25-4;/h11-12H,6-10,13H2,1-5H3,(H2,20,21,22);1H. The molecule has 0 aliphatic rings. The maximum Gasteiger partial charge on any atom is 0.191 e. The number of hydrogen-bond acceptors (Lipinski definition) is 5. The lowest BCUT2D eigenvalue weighted by molar-refractivity contribution is 0.180. The van der Waals surface area contributed by atoms with E-state index < -0.39 is 0 Å². The van der Waals surface area contributed by atoms with Gasteiger partial charge in [0.15, 0.2) is 17.5 Å². The fourth-order valence-corrected chi connectivity index (χ4v) is 3.09. The first kappa shape index (κ1) is 26.2. The van der Waals surface area contributed by atoms with Crippen LogP contribution in [0.25, 0.3) is 0 Å². The smallest absolute Gasteiger partial charge is 0.191 e. The van der Waals surface area contributed by atoms with Crippen molar-refractivity contribution < 1.29 is 14.2 Å². The maximum atomic E-state index is 5.38. The molecular formula is C18H32BrIN4O3. The van der Waals surface area contributed by atoms with Gasteiger partial charge >= 0.3 is 0 Å². The second-order valence-electron chi connectivity index (χ2n) is 5.82. The quantitative estimate of drug-likeness (QED) is 0.188. The molecule has 0 aliphatic carbocycles. The molecular weight excluding hydrogens is 527 g/mol. The first-order valence-corrected chi connectivity index (χ1v) is 9.37. The summed E-state index contributed by atoms with van der Waals surface area (Å²) in [4.78, 5) is 6.53. The molecule has 0 spiro atoms. The molecule has 0 fully saturated rings. The first-order valence-electron chi connectivity index (χ1n) is 8.58. The van der Waals surface area contributed by atoms with E-state index in [4.69, 9.17) is 14.2 Å². The molecule has 156 valence electrons. The van der Waals surface area contributed by atoms with Gasteiger partial charge in [0.25, 0.3) is 0 Å². The van der Waals surface area contributed by atoms with Crippen LogP contribution >= 0.6 is 39.9 Å². The third-order valence-corrected chi connectivity index (χ3v) is 4.44. The van der Waals surface area contributed by atoms with Crippen LogP contribution in [0.5, 0.6) is 11.5 Å². The van der Waals surface area contributed by atoms with Gasteiger partial charge in [0.1, 0.15) is 0 Å². The van der Waals surface area contributed by atoms with Crippen molar-refractivity contribution in [1.82, 2.24) is 15.5 Å². The Morgan fingerprint density at radius 2 is 1.89 bits per heavy atom. The van der Waals surface area contributed by atoms with E-state index in [0.29, 0.717) is 18.0 Å². The second kappa shape index (κ2) is 15.2. The Hall–Kier alpha value is -0.780. The summed E-state index contributed by atoms with van der Waals surface area (Å²) < 4.78 is 16.7. The van der Waals surface area contributed by atoms with Crippen LogP contribution in [0.4, 0.5) is 0 Å². The predicted molar refractivity (Wildman–Crippen MR) is 125 cm³/mol. The number of guanidine groups is 1. The molecule has 0 aliphatic heterocycles. The van der Waals surface area contributed by atoms with E-state index in [1.807, 2.05) is 12.1 Å². The molecule has 2 N–H and O–H groups in total. The van der Waals surface area contributed by atoms with Crippen LogP contribution < -0.4 is 20.1 Å². The van der Waals surface area contributed by atoms with Crippen molar-refractivity contribution in [2.24, 2.45) is 4.99 Å². The van der Waals surface area contributed by atoms with Crippen molar-refractivity contribution in [3.63, 3.8) is 0 Å². The number of benzene rings is 1. The van der Waals surface area contributed by atoms with Crippen molar-refractivity contribution in [3.05, 3.63) is 22.2 Å². The third-order valence-electron chi connectivity index (χ3n) is 3.85. The van der Waals surface area contributed by atoms with Crippen LogP contribution in [0, 0.1) is 0 Å². The van der Waals surface area contributed by atoms with Crippen LogP contribution in [0.1, 0.15) is 12.0 Å². The van der Waals surface area contributed by atoms with E-state index in [0.717, 1.165) is 48.7 Å². The molecule has 0 heterocycles. The van der Waals surface area contributed by atoms with Crippen molar-refractivity contribution in [1.29, 1.82) is 0 Å². The summed E-state index contributed by atoms with van der Waals surface area (Å²) in [5.41, 5.74) is 1.06. The zero-order chi connectivity index (χ0) is 19.4. The molecule has 9 heteroatoms. The normalized spacial score (nSPS) is 11.1. The number of rotatable bonds is 11. The number of hydrogen-bond donors (Lipinski definition) is 2. The summed E-state index contributed by atoms with van der Waals surface area (Å²) in [6, 6.07) is 3.96. The SMILES string of the molecule is CN=C(NCCN(C)CCCOC)NCc1cc(Br)c(OC)c(OC)c1.I. The summed E-state index contributed by atoms with van der Waals surface area (Å²) in [6.07, 6.45) is 1.04. The molecule has 0 radical (unpaired) electrons. The highest BCUT2D eigenvalue weighted by Crippen LogP contribution is 2.36. The number of aliphatic imine (C=N–C) groups is 1. The minimum atomic E-state index is 0. The van der Waals surface area contributed by atoms with E-state index in [9.17, 15) is 0 Å². The van der Waals surface area contributed by atoms with Crippen molar-refractivity contribution in [3.8, 4) is 11.5 Å². The Bertz CT molecular complexity index is 576. The number of nitrogens with one attached hydrogen (secondary N) is 2. The number of halogens is 2. The van der Waals surface area contributed by atoms with Crippen LogP contribution in [-0.4, -0.2) is 72.5 Å². The third kappa shape index (κ3) is 9.82. The van der Waals surface area contributed by atoms with Crippen LogP contribution in [0.15, 0.2) is 21.6 Å². The van der Waals surface area contributed by atoms with Gasteiger partial charge in [-0.25, -0.2) is 0 Å². The molecule has 1 rings (SSSR count). The number of likely N-dealkylation sites (N-methyl/N-ethyl adjacent to an activating group) is 1. The molecule has 27 heavy (non-hydrogen) atoms. The van der Waals surface area contributed by atoms with Gasteiger partial charge in [-0.15, -0.1) is 24.0 Å². The van der Waals surface area contributed by atoms with Gasteiger partial charge in [-0.1, -0.05) is 0 Å². The maximum absolute atomic E-state index is 5.38. The van der Waals surface area contributed by atoms with E-state index in [1.54, 1.807) is 28.4 Å². The molecule has 1 aromatic rings. The van der Waals surface area contributed by atoms with Crippen molar-refractivity contribution in [2.75, 3.05) is 61.7 Å². The highest BCUT2D eigenvalue weighted by Gasteiger charge is 2.10. The van der Waals surface area contributed by atoms with Gasteiger partial charge in [-0.05, 0) is 47.1 Å². The fraction of sp³-hybridized carbons (Fsp3) is 0.611. The average Bonchev–Trinajstić information content (AvgIpc) is 2.64. The first-order chi connectivity index (χ1) is 12.5. The highest BCUT2D eigenvalue weighted by atomic mass is 127. The molecule has 1 aromatic carbocycles. The van der Waals surface area contributed by atoms with Gasteiger partial charge in [0.2, 0.25) is 0 Å². The van der Waals surface area contributed by atoms with E-state index >= 15 is 0 Å². The van der Waals surface area contributed by atoms with Crippen molar-refractivity contribution >= 4 is 45.9 Å². The number of nitrogens with zero attached hydrogens (tertiary/aromatic N) is 2. The Balaban J connectivity index is 0.00000676. The van der Waals surface area contributed by atoms with Crippen molar-refractivity contribution in [2.45, 2.75) is 13.0 Å². The molecule has 7 nitrogen and oxygen atoms in total. The topological polar surface area (TPSA) is 67.4 Å². The van der Waals surface area contributed by atoms with Gasteiger partial charge in [0, 0.05) is 46.9 Å². The number of ether oxygens (including phenoxy) is 3.